The van der Waals surface area contributed by atoms with E-state index in [4.69, 9.17) is 0 Å². The molecule has 0 heteroatoms. The van der Waals surface area contributed by atoms with Crippen molar-refractivity contribution in [2.75, 3.05) is 0 Å². The number of hydrogen-bond acceptors (Lipinski definition) is 0. The van der Waals surface area contributed by atoms with Crippen LogP contribution < -0.4 is 0 Å². The van der Waals surface area contributed by atoms with E-state index >= 15 is 0 Å². The van der Waals surface area contributed by atoms with Crippen molar-refractivity contribution < 1.29 is 0 Å². The van der Waals surface area contributed by atoms with E-state index in [0.717, 1.165) is 0 Å². The summed E-state index contributed by atoms with van der Waals surface area (Å²) in [5, 5.41) is 0. The third kappa shape index (κ3) is 2.21. The maximum atomic E-state index is 3.99. The van der Waals surface area contributed by atoms with E-state index < -0.39 is 0 Å². The SMILES string of the molecule is C=C(C)C(C)C(C)(C)C(=C)C. The lowest BCUT2D eigenvalue weighted by Gasteiger charge is -2.32. The third-order valence-electron chi connectivity index (χ3n) is 2.92. The summed E-state index contributed by atoms with van der Waals surface area (Å²) < 4.78 is 0. The molecule has 1 unspecified atom stereocenters. The topological polar surface area (TPSA) is 0 Å². The summed E-state index contributed by atoms with van der Waals surface area (Å²) in [5.41, 5.74) is 2.65. The standard InChI is InChI=1S/C11H20/c1-8(2)10(5)11(6,7)9(3)4/h10H,1,3H2,2,4-7H3. The maximum absolute atomic E-state index is 3.99. The highest BCUT2D eigenvalue weighted by molar-refractivity contribution is 5.13. The van der Waals surface area contributed by atoms with Crippen molar-refractivity contribution in [3.8, 4) is 0 Å². The first kappa shape index (κ1) is 10.5. The quantitative estimate of drug-likeness (QED) is 0.539. The van der Waals surface area contributed by atoms with Gasteiger partial charge in [-0.2, -0.15) is 0 Å². The molecule has 11 heavy (non-hydrogen) atoms. The summed E-state index contributed by atoms with van der Waals surface area (Å²) in [4.78, 5) is 0. The Morgan fingerprint density at radius 3 is 1.64 bits per heavy atom. The van der Waals surface area contributed by atoms with E-state index in [-0.39, 0.29) is 5.41 Å². The molecule has 0 aromatic rings. The van der Waals surface area contributed by atoms with Crippen LogP contribution in [0.4, 0.5) is 0 Å². The first-order valence-electron chi connectivity index (χ1n) is 4.11. The lowest BCUT2D eigenvalue weighted by molar-refractivity contribution is 0.329. The Balaban J connectivity index is 4.55. The van der Waals surface area contributed by atoms with Crippen LogP contribution in [0.25, 0.3) is 0 Å². The van der Waals surface area contributed by atoms with Crippen molar-refractivity contribution in [3.63, 3.8) is 0 Å². The van der Waals surface area contributed by atoms with Crippen LogP contribution in [-0.2, 0) is 0 Å². The summed E-state index contributed by atoms with van der Waals surface area (Å²) in [6, 6.07) is 0. The highest BCUT2D eigenvalue weighted by Gasteiger charge is 2.26. The molecule has 0 rings (SSSR count). The summed E-state index contributed by atoms with van der Waals surface area (Å²) in [5.74, 6) is 0.514. The highest BCUT2D eigenvalue weighted by atomic mass is 14.3. The number of hydrogen-bond donors (Lipinski definition) is 0. The second-order valence-electron chi connectivity index (χ2n) is 4.07. The van der Waals surface area contributed by atoms with Crippen LogP contribution in [0.2, 0.25) is 0 Å². The van der Waals surface area contributed by atoms with E-state index in [0.29, 0.717) is 5.92 Å². The Hall–Kier alpha value is -0.520. The Labute approximate surface area is 71.0 Å². The summed E-state index contributed by atoms with van der Waals surface area (Å²) in [6.07, 6.45) is 0. The third-order valence-corrected chi connectivity index (χ3v) is 2.92. The van der Waals surface area contributed by atoms with Gasteiger partial charge in [0.2, 0.25) is 0 Å². The van der Waals surface area contributed by atoms with E-state index in [9.17, 15) is 0 Å². The van der Waals surface area contributed by atoms with Crippen LogP contribution in [0.5, 0.6) is 0 Å². The first-order chi connectivity index (χ1) is 4.80. The highest BCUT2D eigenvalue weighted by Crippen LogP contribution is 2.36. The second kappa shape index (κ2) is 3.25. The van der Waals surface area contributed by atoms with Crippen molar-refractivity contribution in [3.05, 3.63) is 24.3 Å². The molecule has 0 fully saturated rings. The first-order valence-corrected chi connectivity index (χ1v) is 4.11. The Bertz CT molecular complexity index is 172. The minimum absolute atomic E-state index is 0.186. The van der Waals surface area contributed by atoms with Gasteiger partial charge in [-0.1, -0.05) is 45.1 Å². The Morgan fingerprint density at radius 2 is 1.55 bits per heavy atom. The van der Waals surface area contributed by atoms with Gasteiger partial charge in [-0.05, 0) is 25.2 Å². The molecule has 0 aliphatic carbocycles. The fourth-order valence-corrected chi connectivity index (χ4v) is 0.986. The second-order valence-corrected chi connectivity index (χ2v) is 4.07. The van der Waals surface area contributed by atoms with Crippen molar-refractivity contribution in [1.29, 1.82) is 0 Å². The molecule has 0 aliphatic rings. The molecule has 0 saturated carbocycles. The van der Waals surface area contributed by atoms with E-state index in [2.05, 4.69) is 47.8 Å². The molecule has 1 atom stereocenters. The smallest absolute Gasteiger partial charge is 0.00876 e. The fourth-order valence-electron chi connectivity index (χ4n) is 0.986. The molecule has 0 aromatic heterocycles. The van der Waals surface area contributed by atoms with Crippen LogP contribution in [0.15, 0.2) is 24.3 Å². The van der Waals surface area contributed by atoms with Crippen molar-refractivity contribution in [2.45, 2.75) is 34.6 Å². The van der Waals surface area contributed by atoms with Crippen LogP contribution in [0.1, 0.15) is 34.6 Å². The van der Waals surface area contributed by atoms with Gasteiger partial charge >= 0.3 is 0 Å². The monoisotopic (exact) mass is 152 g/mol. The zero-order valence-corrected chi connectivity index (χ0v) is 8.49. The zero-order chi connectivity index (χ0) is 9.23. The molecule has 0 nitrogen and oxygen atoms in total. The summed E-state index contributed by atoms with van der Waals surface area (Å²) >= 11 is 0. The van der Waals surface area contributed by atoms with Gasteiger partial charge < -0.3 is 0 Å². The van der Waals surface area contributed by atoms with Gasteiger partial charge in [0.25, 0.3) is 0 Å². The van der Waals surface area contributed by atoms with Gasteiger partial charge in [-0.25, -0.2) is 0 Å². The van der Waals surface area contributed by atoms with E-state index in [1.807, 2.05) is 0 Å². The minimum Gasteiger partial charge on any atom is -0.0998 e. The molecule has 0 heterocycles. The average Bonchev–Trinajstić information content (AvgIpc) is 1.85. The predicted octanol–water partition coefficient (Wildman–Crippen LogP) is 3.80. The van der Waals surface area contributed by atoms with Gasteiger partial charge in [0.1, 0.15) is 0 Å². The normalized spacial score (nSPS) is 14.3. The molecular formula is C11H20. The van der Waals surface area contributed by atoms with Crippen LogP contribution >= 0.6 is 0 Å². The summed E-state index contributed by atoms with van der Waals surface area (Å²) in [6.45, 7) is 18.8. The van der Waals surface area contributed by atoms with Gasteiger partial charge in [0, 0.05) is 0 Å². The molecule has 0 bridgehead atoms. The largest absolute Gasteiger partial charge is 0.0998 e. The van der Waals surface area contributed by atoms with Gasteiger partial charge in [-0.3, -0.25) is 0 Å². The summed E-state index contributed by atoms with van der Waals surface area (Å²) in [7, 11) is 0. The maximum Gasteiger partial charge on any atom is -0.00876 e. The Kier molecular flexibility index (Phi) is 3.10. The molecule has 0 saturated heterocycles. The Morgan fingerprint density at radius 1 is 1.18 bits per heavy atom. The number of allylic oxidation sites excluding steroid dienone is 2. The molecule has 64 valence electrons. The molecule has 0 amide bonds. The van der Waals surface area contributed by atoms with Crippen LogP contribution in [0, 0.1) is 11.3 Å². The van der Waals surface area contributed by atoms with Crippen molar-refractivity contribution >= 4 is 0 Å². The molecule has 0 radical (unpaired) electrons. The van der Waals surface area contributed by atoms with E-state index in [1.54, 1.807) is 0 Å². The molecule has 0 spiro atoms. The van der Waals surface area contributed by atoms with Crippen LogP contribution in [-0.4, -0.2) is 0 Å². The van der Waals surface area contributed by atoms with Crippen molar-refractivity contribution in [2.24, 2.45) is 11.3 Å². The van der Waals surface area contributed by atoms with Crippen LogP contribution in [0.3, 0.4) is 0 Å². The number of rotatable bonds is 3. The van der Waals surface area contributed by atoms with Gasteiger partial charge in [0.05, 0.1) is 0 Å². The lowest BCUT2D eigenvalue weighted by Crippen LogP contribution is -2.22. The molecular weight excluding hydrogens is 132 g/mol. The molecule has 0 N–H and O–H groups in total. The fraction of sp³-hybridized carbons (Fsp3) is 0.636. The molecule has 0 aromatic carbocycles. The zero-order valence-electron chi connectivity index (χ0n) is 8.49. The predicted molar refractivity (Wildman–Crippen MR) is 52.6 cm³/mol. The van der Waals surface area contributed by atoms with Gasteiger partial charge in [-0.15, -0.1) is 0 Å². The minimum atomic E-state index is 0.186. The average molecular weight is 152 g/mol. The molecule has 0 aliphatic heterocycles. The van der Waals surface area contributed by atoms with Gasteiger partial charge in [0.15, 0.2) is 0 Å². The van der Waals surface area contributed by atoms with E-state index in [1.165, 1.54) is 11.1 Å². The van der Waals surface area contributed by atoms with Crippen molar-refractivity contribution in [1.82, 2.24) is 0 Å². The lowest BCUT2D eigenvalue weighted by atomic mass is 9.72.